The quantitative estimate of drug-likeness (QED) is 0.364. The molecule has 0 aliphatic heterocycles. The molecule has 0 aromatic heterocycles. The molecule has 0 aliphatic rings. The number of hydrogen-bond acceptors (Lipinski definition) is 5. The first-order chi connectivity index (χ1) is 8.43. The zero-order valence-electron chi connectivity index (χ0n) is 11.5. The van der Waals surface area contributed by atoms with Crippen molar-refractivity contribution in [2.24, 2.45) is 0 Å². The van der Waals surface area contributed by atoms with Crippen molar-refractivity contribution in [2.45, 2.75) is 39.4 Å². The molecule has 0 bridgehead atoms. The van der Waals surface area contributed by atoms with Crippen LogP contribution in [0.1, 0.15) is 27.2 Å². The van der Waals surface area contributed by atoms with E-state index < -0.39 is 12.1 Å². The Kier molecular flexibility index (Phi) is 9.55. The smallest absolute Gasteiger partial charge is 0.333 e. The van der Waals surface area contributed by atoms with Crippen LogP contribution in [0.5, 0.6) is 0 Å². The van der Waals surface area contributed by atoms with Crippen LogP contribution >= 0.6 is 0 Å². The van der Waals surface area contributed by atoms with Gasteiger partial charge >= 0.3 is 5.97 Å². The van der Waals surface area contributed by atoms with Crippen LogP contribution in [0.3, 0.4) is 0 Å². The molecule has 0 fully saturated rings. The van der Waals surface area contributed by atoms with Gasteiger partial charge < -0.3 is 19.3 Å². The summed E-state index contributed by atoms with van der Waals surface area (Å²) in [5, 5.41) is 8.94. The van der Waals surface area contributed by atoms with Crippen molar-refractivity contribution in [3.05, 3.63) is 12.2 Å². The summed E-state index contributed by atoms with van der Waals surface area (Å²) in [5.74, 6) is -0.397. The lowest BCUT2D eigenvalue weighted by molar-refractivity contribution is -0.146. The predicted molar refractivity (Wildman–Crippen MR) is 68.3 cm³/mol. The molecule has 18 heavy (non-hydrogen) atoms. The SMILES string of the molecule is C=C(C)C(=O)OC(C)COCCCOCC(C)O. The lowest BCUT2D eigenvalue weighted by Gasteiger charge is -2.13. The Morgan fingerprint density at radius 3 is 2.28 bits per heavy atom. The van der Waals surface area contributed by atoms with Gasteiger partial charge in [-0.1, -0.05) is 6.58 Å². The van der Waals surface area contributed by atoms with Crippen LogP contribution in [0, 0.1) is 0 Å². The van der Waals surface area contributed by atoms with Crippen molar-refractivity contribution >= 4 is 5.97 Å². The normalized spacial score (nSPS) is 14.0. The largest absolute Gasteiger partial charge is 0.457 e. The fourth-order valence-electron chi connectivity index (χ4n) is 1.08. The maximum Gasteiger partial charge on any atom is 0.333 e. The fraction of sp³-hybridized carbons (Fsp3) is 0.769. The lowest BCUT2D eigenvalue weighted by Crippen LogP contribution is -2.21. The molecule has 1 N–H and O–H groups in total. The first-order valence-corrected chi connectivity index (χ1v) is 6.13. The average molecular weight is 260 g/mol. The highest BCUT2D eigenvalue weighted by molar-refractivity contribution is 5.87. The summed E-state index contributed by atoms with van der Waals surface area (Å²) in [6.45, 7) is 10.3. The number of ether oxygens (including phenoxy) is 3. The monoisotopic (exact) mass is 260 g/mol. The zero-order valence-corrected chi connectivity index (χ0v) is 11.5. The summed E-state index contributed by atoms with van der Waals surface area (Å²) in [6, 6.07) is 0. The van der Waals surface area contributed by atoms with Crippen LogP contribution < -0.4 is 0 Å². The van der Waals surface area contributed by atoms with E-state index in [1.165, 1.54) is 0 Å². The summed E-state index contributed by atoms with van der Waals surface area (Å²) in [4.78, 5) is 11.2. The van der Waals surface area contributed by atoms with E-state index >= 15 is 0 Å². The van der Waals surface area contributed by atoms with E-state index in [-0.39, 0.29) is 6.10 Å². The van der Waals surface area contributed by atoms with E-state index in [1.807, 2.05) is 0 Å². The molecule has 0 spiro atoms. The van der Waals surface area contributed by atoms with Gasteiger partial charge in [-0.25, -0.2) is 4.79 Å². The maximum absolute atomic E-state index is 11.2. The Balaban J connectivity index is 3.38. The summed E-state index contributed by atoms with van der Waals surface area (Å²) in [5.41, 5.74) is 0.383. The van der Waals surface area contributed by atoms with Crippen molar-refractivity contribution in [3.8, 4) is 0 Å². The van der Waals surface area contributed by atoms with Gasteiger partial charge in [0.05, 0.1) is 19.3 Å². The molecule has 0 saturated carbocycles. The number of hydrogen-bond donors (Lipinski definition) is 1. The molecule has 0 rings (SSSR count). The standard InChI is InChI=1S/C13H24O5/c1-10(2)13(15)18-12(4)9-17-7-5-6-16-8-11(3)14/h11-12,14H,1,5-9H2,2-4H3. The molecule has 0 radical (unpaired) electrons. The van der Waals surface area contributed by atoms with Gasteiger partial charge in [-0.15, -0.1) is 0 Å². The van der Waals surface area contributed by atoms with Gasteiger partial charge in [0.1, 0.15) is 6.10 Å². The van der Waals surface area contributed by atoms with Gasteiger partial charge in [0.15, 0.2) is 0 Å². The highest BCUT2D eigenvalue weighted by atomic mass is 16.6. The highest BCUT2D eigenvalue weighted by Gasteiger charge is 2.09. The number of esters is 1. The number of carbonyl (C=O) groups excluding carboxylic acids is 1. The Hall–Kier alpha value is -0.910. The van der Waals surface area contributed by atoms with Crippen molar-refractivity contribution in [2.75, 3.05) is 26.4 Å². The van der Waals surface area contributed by atoms with Gasteiger partial charge in [0.2, 0.25) is 0 Å². The maximum atomic E-state index is 11.2. The third-order valence-corrected chi connectivity index (χ3v) is 1.95. The van der Waals surface area contributed by atoms with Crippen molar-refractivity contribution in [1.82, 2.24) is 0 Å². The molecule has 106 valence electrons. The molecule has 2 atom stereocenters. The van der Waals surface area contributed by atoms with Crippen LogP contribution in [0.4, 0.5) is 0 Å². The topological polar surface area (TPSA) is 65.0 Å². The number of carbonyl (C=O) groups is 1. The predicted octanol–water partition coefficient (Wildman–Crippen LogP) is 1.30. The van der Waals surface area contributed by atoms with Gasteiger partial charge in [-0.2, -0.15) is 0 Å². The molecular formula is C13H24O5. The molecule has 5 heteroatoms. The van der Waals surface area contributed by atoms with E-state index in [1.54, 1.807) is 20.8 Å². The number of aliphatic hydroxyl groups excluding tert-OH is 1. The summed E-state index contributed by atoms with van der Waals surface area (Å²) in [7, 11) is 0. The lowest BCUT2D eigenvalue weighted by atomic mass is 10.3. The second kappa shape index (κ2) is 10.1. The van der Waals surface area contributed by atoms with E-state index in [0.717, 1.165) is 6.42 Å². The van der Waals surface area contributed by atoms with Crippen LogP contribution in [-0.2, 0) is 19.0 Å². The van der Waals surface area contributed by atoms with Crippen LogP contribution in [0.25, 0.3) is 0 Å². The minimum atomic E-state index is -0.438. The molecule has 0 aliphatic carbocycles. The Bertz CT molecular complexity index is 250. The second-order valence-electron chi connectivity index (χ2n) is 4.35. The van der Waals surface area contributed by atoms with Crippen LogP contribution in [0.2, 0.25) is 0 Å². The zero-order chi connectivity index (χ0) is 14.0. The number of aliphatic hydroxyl groups is 1. The van der Waals surface area contributed by atoms with E-state index in [0.29, 0.717) is 32.0 Å². The molecule has 5 nitrogen and oxygen atoms in total. The first kappa shape index (κ1) is 17.1. The van der Waals surface area contributed by atoms with Crippen LogP contribution in [0.15, 0.2) is 12.2 Å². The summed E-state index contributed by atoms with van der Waals surface area (Å²) >= 11 is 0. The van der Waals surface area contributed by atoms with E-state index in [2.05, 4.69) is 6.58 Å². The van der Waals surface area contributed by atoms with E-state index in [4.69, 9.17) is 19.3 Å². The van der Waals surface area contributed by atoms with Gasteiger partial charge in [0.25, 0.3) is 0 Å². The molecule has 2 unspecified atom stereocenters. The Morgan fingerprint density at radius 2 is 1.78 bits per heavy atom. The molecule has 0 amide bonds. The second-order valence-corrected chi connectivity index (χ2v) is 4.35. The Morgan fingerprint density at radius 1 is 1.22 bits per heavy atom. The van der Waals surface area contributed by atoms with Gasteiger partial charge in [-0.3, -0.25) is 0 Å². The van der Waals surface area contributed by atoms with E-state index in [9.17, 15) is 4.79 Å². The Labute approximate surface area is 109 Å². The van der Waals surface area contributed by atoms with Crippen molar-refractivity contribution < 1.29 is 24.1 Å². The third-order valence-electron chi connectivity index (χ3n) is 1.95. The summed E-state index contributed by atoms with van der Waals surface area (Å²) < 4.78 is 15.5. The molecule has 0 heterocycles. The fourth-order valence-corrected chi connectivity index (χ4v) is 1.08. The minimum Gasteiger partial charge on any atom is -0.457 e. The van der Waals surface area contributed by atoms with Gasteiger partial charge in [0, 0.05) is 18.8 Å². The van der Waals surface area contributed by atoms with Crippen molar-refractivity contribution in [3.63, 3.8) is 0 Å². The molecular weight excluding hydrogens is 236 g/mol. The molecule has 0 saturated heterocycles. The van der Waals surface area contributed by atoms with Crippen molar-refractivity contribution in [1.29, 1.82) is 0 Å². The molecule has 0 aromatic carbocycles. The minimum absolute atomic E-state index is 0.285. The average Bonchev–Trinajstić information content (AvgIpc) is 2.27. The third kappa shape index (κ3) is 10.3. The highest BCUT2D eigenvalue weighted by Crippen LogP contribution is 1.99. The number of rotatable bonds is 10. The van der Waals surface area contributed by atoms with Crippen LogP contribution in [-0.4, -0.2) is 49.7 Å². The first-order valence-electron chi connectivity index (χ1n) is 6.13. The van der Waals surface area contributed by atoms with Gasteiger partial charge in [-0.05, 0) is 27.2 Å². The summed E-state index contributed by atoms with van der Waals surface area (Å²) in [6.07, 6.45) is 0.0218. The molecule has 0 aromatic rings.